The summed E-state index contributed by atoms with van der Waals surface area (Å²) in [5.74, 6) is -0.00330. The van der Waals surface area contributed by atoms with Gasteiger partial charge < -0.3 is 9.72 Å². The van der Waals surface area contributed by atoms with Crippen molar-refractivity contribution in [2.24, 2.45) is 5.10 Å². The van der Waals surface area contributed by atoms with Crippen LogP contribution >= 0.6 is 23.2 Å². The highest BCUT2D eigenvalue weighted by Crippen LogP contribution is 2.28. The number of aromatic amines is 1. The topological polar surface area (TPSA) is 66.5 Å². The molecule has 0 aliphatic carbocycles. The predicted molar refractivity (Wildman–Crippen MR) is 101 cm³/mol. The number of hydrazone groups is 1. The summed E-state index contributed by atoms with van der Waals surface area (Å²) in [5, 5.41) is 5.85. The van der Waals surface area contributed by atoms with E-state index in [-0.39, 0.29) is 5.91 Å². The zero-order valence-corrected chi connectivity index (χ0v) is 14.8. The number of ether oxygens (including phenoxy) is 1. The van der Waals surface area contributed by atoms with Gasteiger partial charge in [0, 0.05) is 27.7 Å². The van der Waals surface area contributed by atoms with Crippen LogP contribution in [0.25, 0.3) is 10.9 Å². The van der Waals surface area contributed by atoms with Crippen LogP contribution in [0.5, 0.6) is 5.75 Å². The van der Waals surface area contributed by atoms with Crippen LogP contribution < -0.4 is 10.2 Å². The first kappa shape index (κ1) is 17.3. The van der Waals surface area contributed by atoms with Gasteiger partial charge in [-0.2, -0.15) is 5.10 Å². The van der Waals surface area contributed by atoms with Crippen LogP contribution in [-0.4, -0.2) is 23.2 Å². The first-order valence-electron chi connectivity index (χ1n) is 7.55. The minimum absolute atomic E-state index is 0.342. The molecule has 2 N–H and O–H groups in total. The number of fused-ring (bicyclic) bond motifs is 1. The SMILES string of the molecule is CC(Oc1ccc(Cl)cc1Cl)C(=O)NN=Cc1c[nH]c2ccccc12. The van der Waals surface area contributed by atoms with Crippen LogP contribution in [0.1, 0.15) is 12.5 Å². The molecule has 1 amide bonds. The monoisotopic (exact) mass is 375 g/mol. The summed E-state index contributed by atoms with van der Waals surface area (Å²) in [6, 6.07) is 12.6. The smallest absolute Gasteiger partial charge is 0.280 e. The Morgan fingerprint density at radius 2 is 2.08 bits per heavy atom. The van der Waals surface area contributed by atoms with E-state index in [0.717, 1.165) is 16.5 Å². The highest BCUT2D eigenvalue weighted by molar-refractivity contribution is 6.35. The second-order valence-corrected chi connectivity index (χ2v) is 6.20. The van der Waals surface area contributed by atoms with Crippen LogP contribution in [0.3, 0.4) is 0 Å². The fourth-order valence-corrected chi connectivity index (χ4v) is 2.72. The molecule has 25 heavy (non-hydrogen) atoms. The molecule has 0 fully saturated rings. The zero-order valence-electron chi connectivity index (χ0n) is 13.3. The van der Waals surface area contributed by atoms with Crippen molar-refractivity contribution >= 4 is 46.2 Å². The highest BCUT2D eigenvalue weighted by Gasteiger charge is 2.15. The summed E-state index contributed by atoms with van der Waals surface area (Å²) in [6.45, 7) is 1.61. The summed E-state index contributed by atoms with van der Waals surface area (Å²) >= 11 is 11.9. The van der Waals surface area contributed by atoms with Gasteiger partial charge in [-0.05, 0) is 31.2 Å². The Kier molecular flexibility index (Phi) is 5.26. The lowest BCUT2D eigenvalue weighted by Crippen LogP contribution is -2.33. The molecule has 1 unspecified atom stereocenters. The normalized spacial score (nSPS) is 12.4. The zero-order chi connectivity index (χ0) is 17.8. The van der Waals surface area contributed by atoms with Gasteiger partial charge >= 0.3 is 0 Å². The van der Waals surface area contributed by atoms with Gasteiger partial charge in [0.05, 0.1) is 11.2 Å². The molecule has 1 atom stereocenters. The molecular formula is C18H15Cl2N3O2. The summed E-state index contributed by atoms with van der Waals surface area (Å²) in [4.78, 5) is 15.2. The van der Waals surface area contributed by atoms with Gasteiger partial charge in [0.2, 0.25) is 0 Å². The Morgan fingerprint density at radius 1 is 1.28 bits per heavy atom. The number of rotatable bonds is 5. The maximum absolute atomic E-state index is 12.1. The molecule has 3 aromatic rings. The van der Waals surface area contributed by atoms with Gasteiger partial charge in [0.1, 0.15) is 5.75 Å². The van der Waals surface area contributed by atoms with Gasteiger partial charge in [-0.15, -0.1) is 0 Å². The lowest BCUT2D eigenvalue weighted by atomic mass is 10.2. The molecule has 0 aliphatic heterocycles. The van der Waals surface area contributed by atoms with E-state index in [2.05, 4.69) is 15.5 Å². The largest absolute Gasteiger partial charge is 0.479 e. The second-order valence-electron chi connectivity index (χ2n) is 5.36. The number of carbonyl (C=O) groups is 1. The molecule has 0 radical (unpaired) electrons. The van der Waals surface area contributed by atoms with Crippen molar-refractivity contribution in [1.82, 2.24) is 10.4 Å². The van der Waals surface area contributed by atoms with Crippen LogP contribution in [0.15, 0.2) is 53.8 Å². The molecule has 3 rings (SSSR count). The average molecular weight is 376 g/mol. The molecule has 1 aromatic heterocycles. The van der Waals surface area contributed by atoms with E-state index < -0.39 is 6.10 Å². The summed E-state index contributed by atoms with van der Waals surface area (Å²) in [5.41, 5.74) is 4.34. The van der Waals surface area contributed by atoms with Crippen molar-refractivity contribution < 1.29 is 9.53 Å². The van der Waals surface area contributed by atoms with Crippen LogP contribution in [0.4, 0.5) is 0 Å². The first-order chi connectivity index (χ1) is 12.0. The van der Waals surface area contributed by atoms with E-state index >= 15 is 0 Å². The fourth-order valence-electron chi connectivity index (χ4n) is 2.27. The number of hydrogen-bond donors (Lipinski definition) is 2. The van der Waals surface area contributed by atoms with Gasteiger partial charge in [-0.3, -0.25) is 4.79 Å². The minimum atomic E-state index is -0.765. The van der Waals surface area contributed by atoms with Crippen LogP contribution in [0.2, 0.25) is 10.0 Å². The van der Waals surface area contributed by atoms with Crippen molar-refractivity contribution in [3.63, 3.8) is 0 Å². The third-order valence-electron chi connectivity index (χ3n) is 3.57. The summed E-state index contributed by atoms with van der Waals surface area (Å²) in [7, 11) is 0. The minimum Gasteiger partial charge on any atom is -0.479 e. The van der Waals surface area contributed by atoms with Crippen molar-refractivity contribution in [2.75, 3.05) is 0 Å². The van der Waals surface area contributed by atoms with Crippen LogP contribution in [0, 0.1) is 0 Å². The number of nitrogens with one attached hydrogen (secondary N) is 2. The number of H-pyrrole nitrogens is 1. The molecule has 0 bridgehead atoms. The Bertz CT molecular complexity index is 937. The maximum atomic E-state index is 12.1. The second kappa shape index (κ2) is 7.59. The first-order valence-corrected chi connectivity index (χ1v) is 8.31. The Balaban J connectivity index is 1.61. The molecule has 0 aliphatic rings. The standard InChI is InChI=1S/C18H15Cl2N3O2/c1-11(25-17-7-6-13(19)8-15(17)20)18(24)23-22-10-12-9-21-16-5-3-2-4-14(12)16/h2-11,21H,1H3,(H,23,24). The highest BCUT2D eigenvalue weighted by atomic mass is 35.5. The molecule has 2 aromatic carbocycles. The molecule has 5 nitrogen and oxygen atoms in total. The number of nitrogens with zero attached hydrogens (tertiary/aromatic N) is 1. The molecule has 0 spiro atoms. The number of para-hydroxylation sites is 1. The Hall–Kier alpha value is -2.50. The maximum Gasteiger partial charge on any atom is 0.280 e. The summed E-state index contributed by atoms with van der Waals surface area (Å²) in [6.07, 6.45) is 2.64. The number of halogens is 2. The number of carbonyl (C=O) groups excluding carboxylic acids is 1. The number of aromatic nitrogens is 1. The quantitative estimate of drug-likeness (QED) is 0.512. The molecular weight excluding hydrogens is 361 g/mol. The lowest BCUT2D eigenvalue weighted by molar-refractivity contribution is -0.127. The molecule has 7 heteroatoms. The van der Waals surface area contributed by atoms with Gasteiger partial charge in [0.25, 0.3) is 5.91 Å². The van der Waals surface area contributed by atoms with Gasteiger partial charge in [-0.1, -0.05) is 41.4 Å². The van der Waals surface area contributed by atoms with E-state index in [9.17, 15) is 4.79 Å². The molecule has 128 valence electrons. The van der Waals surface area contributed by atoms with E-state index in [0.29, 0.717) is 15.8 Å². The van der Waals surface area contributed by atoms with E-state index in [1.807, 2.05) is 30.5 Å². The van der Waals surface area contributed by atoms with Crippen molar-refractivity contribution in [3.8, 4) is 5.75 Å². The number of hydrogen-bond acceptors (Lipinski definition) is 3. The average Bonchev–Trinajstić information content (AvgIpc) is 3.00. The fraction of sp³-hybridized carbons (Fsp3) is 0.111. The predicted octanol–water partition coefficient (Wildman–Crippen LogP) is 4.39. The van der Waals surface area contributed by atoms with E-state index in [4.69, 9.17) is 27.9 Å². The number of benzene rings is 2. The molecule has 1 heterocycles. The van der Waals surface area contributed by atoms with Crippen molar-refractivity contribution in [1.29, 1.82) is 0 Å². The summed E-state index contributed by atoms with van der Waals surface area (Å²) < 4.78 is 5.54. The van der Waals surface area contributed by atoms with Crippen LogP contribution in [-0.2, 0) is 4.79 Å². The molecule has 0 saturated heterocycles. The third-order valence-corrected chi connectivity index (χ3v) is 4.10. The third kappa shape index (κ3) is 4.13. The van der Waals surface area contributed by atoms with Gasteiger partial charge in [0.15, 0.2) is 6.10 Å². The van der Waals surface area contributed by atoms with Crippen molar-refractivity contribution in [3.05, 3.63) is 64.3 Å². The Morgan fingerprint density at radius 3 is 2.88 bits per heavy atom. The van der Waals surface area contributed by atoms with E-state index in [1.54, 1.807) is 31.3 Å². The Labute approximate surface area is 154 Å². The van der Waals surface area contributed by atoms with Crippen molar-refractivity contribution in [2.45, 2.75) is 13.0 Å². The van der Waals surface area contributed by atoms with E-state index in [1.165, 1.54) is 0 Å². The molecule has 0 saturated carbocycles. The van der Waals surface area contributed by atoms with Gasteiger partial charge in [-0.25, -0.2) is 5.43 Å². The number of amides is 1. The lowest BCUT2D eigenvalue weighted by Gasteiger charge is -2.14.